The molecule has 0 radical (unpaired) electrons. The molecular formula is C12H18F3N3O. The van der Waals surface area contributed by atoms with E-state index in [9.17, 15) is 18.3 Å². The minimum atomic E-state index is -4.54. The zero-order valence-electron chi connectivity index (χ0n) is 11.3. The van der Waals surface area contributed by atoms with Gasteiger partial charge in [0, 0.05) is 0 Å². The van der Waals surface area contributed by atoms with Crippen molar-refractivity contribution in [3.8, 4) is 0 Å². The first-order valence-corrected chi connectivity index (χ1v) is 5.68. The van der Waals surface area contributed by atoms with Gasteiger partial charge in [0.2, 0.25) is 0 Å². The molecular weight excluding hydrogens is 259 g/mol. The Hall–Kier alpha value is -1.50. The van der Waals surface area contributed by atoms with Crippen molar-refractivity contribution in [2.24, 2.45) is 0 Å². The number of rotatable bonds is 3. The van der Waals surface area contributed by atoms with Gasteiger partial charge in [0.25, 0.3) is 0 Å². The van der Waals surface area contributed by atoms with Crippen LogP contribution in [0.1, 0.15) is 33.4 Å². The highest BCUT2D eigenvalue weighted by Gasteiger charge is 2.37. The van der Waals surface area contributed by atoms with Crippen LogP contribution in [0.4, 0.5) is 24.5 Å². The molecule has 0 aromatic carbocycles. The fraction of sp³-hybridized carbons (Fsp3) is 0.583. The molecule has 1 rings (SSSR count). The van der Waals surface area contributed by atoms with Gasteiger partial charge in [0.1, 0.15) is 5.69 Å². The van der Waals surface area contributed by atoms with E-state index in [4.69, 9.17) is 5.73 Å². The van der Waals surface area contributed by atoms with Gasteiger partial charge in [-0.3, -0.25) is 0 Å². The molecule has 0 spiro atoms. The maximum atomic E-state index is 12.6. The second kappa shape index (κ2) is 4.56. The van der Waals surface area contributed by atoms with Crippen molar-refractivity contribution < 1.29 is 18.3 Å². The van der Waals surface area contributed by atoms with Gasteiger partial charge in [0.05, 0.1) is 28.7 Å². The first-order valence-electron chi connectivity index (χ1n) is 5.68. The Labute approximate surface area is 109 Å². The lowest BCUT2D eigenvalue weighted by Gasteiger charge is -2.39. The van der Waals surface area contributed by atoms with E-state index in [0.717, 1.165) is 12.3 Å². The summed E-state index contributed by atoms with van der Waals surface area (Å²) in [5.74, 6) is 0. The highest BCUT2D eigenvalue weighted by Crippen LogP contribution is 2.33. The molecule has 1 aromatic heterocycles. The van der Waals surface area contributed by atoms with E-state index in [1.54, 1.807) is 27.7 Å². The Kier molecular flexibility index (Phi) is 3.73. The molecule has 0 atom stereocenters. The minimum absolute atomic E-state index is 0.0883. The molecule has 1 aromatic rings. The third kappa shape index (κ3) is 3.50. The van der Waals surface area contributed by atoms with Crippen molar-refractivity contribution in [1.29, 1.82) is 0 Å². The van der Waals surface area contributed by atoms with Gasteiger partial charge in [0.15, 0.2) is 0 Å². The molecule has 0 unspecified atom stereocenters. The predicted octanol–water partition coefficient (Wildman–Crippen LogP) is 2.64. The molecule has 0 aliphatic rings. The van der Waals surface area contributed by atoms with Crippen molar-refractivity contribution in [2.75, 3.05) is 11.1 Å². The first-order chi connectivity index (χ1) is 8.34. The molecule has 7 heteroatoms. The molecule has 4 nitrogen and oxygen atoms in total. The highest BCUT2D eigenvalue weighted by atomic mass is 19.4. The lowest BCUT2D eigenvalue weighted by molar-refractivity contribution is -0.141. The summed E-state index contributed by atoms with van der Waals surface area (Å²) >= 11 is 0. The van der Waals surface area contributed by atoms with E-state index in [1.807, 2.05) is 0 Å². The predicted molar refractivity (Wildman–Crippen MR) is 67.7 cm³/mol. The Bertz CT molecular complexity index is 464. The van der Waals surface area contributed by atoms with Crippen LogP contribution in [0.3, 0.4) is 0 Å². The zero-order chi connectivity index (χ0) is 15.1. The SMILES string of the molecule is CC(C)(O)C(C)(C)Nc1cc(C(F)(F)F)ncc1N. The highest BCUT2D eigenvalue weighted by molar-refractivity contribution is 5.66. The number of hydrogen-bond acceptors (Lipinski definition) is 4. The lowest BCUT2D eigenvalue weighted by Crippen LogP contribution is -2.51. The second-order valence-corrected chi connectivity index (χ2v) is 5.46. The molecule has 0 bridgehead atoms. The number of alkyl halides is 3. The number of pyridine rings is 1. The van der Waals surface area contributed by atoms with Crippen LogP contribution in [-0.2, 0) is 6.18 Å². The topological polar surface area (TPSA) is 71.2 Å². The molecule has 4 N–H and O–H groups in total. The molecule has 108 valence electrons. The van der Waals surface area contributed by atoms with E-state index in [-0.39, 0.29) is 11.4 Å². The van der Waals surface area contributed by atoms with Gasteiger partial charge in [-0.05, 0) is 33.8 Å². The maximum Gasteiger partial charge on any atom is 0.433 e. The van der Waals surface area contributed by atoms with E-state index in [2.05, 4.69) is 10.3 Å². The van der Waals surface area contributed by atoms with Gasteiger partial charge in [-0.2, -0.15) is 13.2 Å². The van der Waals surface area contributed by atoms with Crippen molar-refractivity contribution in [3.05, 3.63) is 18.0 Å². The van der Waals surface area contributed by atoms with Crippen LogP contribution in [0.5, 0.6) is 0 Å². The van der Waals surface area contributed by atoms with Gasteiger partial charge in [-0.15, -0.1) is 0 Å². The summed E-state index contributed by atoms with van der Waals surface area (Å²) in [6.45, 7) is 6.45. The third-order valence-corrected chi connectivity index (χ3v) is 3.20. The van der Waals surface area contributed by atoms with Crippen LogP contribution in [0.15, 0.2) is 12.3 Å². The fourth-order valence-electron chi connectivity index (χ4n) is 1.22. The van der Waals surface area contributed by atoms with Crippen molar-refractivity contribution in [2.45, 2.75) is 45.0 Å². The monoisotopic (exact) mass is 277 g/mol. The average Bonchev–Trinajstić information content (AvgIpc) is 2.17. The summed E-state index contributed by atoms with van der Waals surface area (Å²) in [7, 11) is 0. The molecule has 0 saturated heterocycles. The minimum Gasteiger partial charge on any atom is -0.396 e. The first kappa shape index (κ1) is 15.6. The largest absolute Gasteiger partial charge is 0.433 e. The van der Waals surface area contributed by atoms with Crippen LogP contribution < -0.4 is 11.1 Å². The van der Waals surface area contributed by atoms with Crippen LogP contribution in [0.2, 0.25) is 0 Å². The van der Waals surface area contributed by atoms with Gasteiger partial charge < -0.3 is 16.2 Å². The molecule has 1 heterocycles. The average molecular weight is 277 g/mol. The Balaban J connectivity index is 3.15. The number of aliphatic hydroxyl groups is 1. The Morgan fingerprint density at radius 2 is 1.74 bits per heavy atom. The van der Waals surface area contributed by atoms with Crippen molar-refractivity contribution >= 4 is 11.4 Å². The van der Waals surface area contributed by atoms with E-state index >= 15 is 0 Å². The van der Waals surface area contributed by atoms with Gasteiger partial charge >= 0.3 is 6.18 Å². The smallest absolute Gasteiger partial charge is 0.396 e. The summed E-state index contributed by atoms with van der Waals surface area (Å²) in [4.78, 5) is 3.25. The second-order valence-electron chi connectivity index (χ2n) is 5.46. The molecule has 0 amide bonds. The van der Waals surface area contributed by atoms with Crippen LogP contribution in [0.25, 0.3) is 0 Å². The number of nitrogen functional groups attached to an aromatic ring is 1. The number of anilines is 2. The number of aromatic nitrogens is 1. The molecule has 19 heavy (non-hydrogen) atoms. The van der Waals surface area contributed by atoms with Gasteiger partial charge in [-0.1, -0.05) is 0 Å². The normalized spacial score (nSPS) is 13.5. The zero-order valence-corrected chi connectivity index (χ0v) is 11.3. The van der Waals surface area contributed by atoms with Crippen LogP contribution in [0, 0.1) is 0 Å². The van der Waals surface area contributed by atoms with Crippen molar-refractivity contribution in [3.63, 3.8) is 0 Å². The van der Waals surface area contributed by atoms with Crippen LogP contribution >= 0.6 is 0 Å². The summed E-state index contributed by atoms with van der Waals surface area (Å²) in [6, 6.07) is 0.836. The fourth-order valence-corrected chi connectivity index (χ4v) is 1.22. The number of nitrogens with one attached hydrogen (secondary N) is 1. The Morgan fingerprint density at radius 3 is 2.16 bits per heavy atom. The third-order valence-electron chi connectivity index (χ3n) is 3.20. The van der Waals surface area contributed by atoms with E-state index in [0.29, 0.717) is 0 Å². The standard InChI is InChI=1S/C12H18F3N3O/c1-10(2,11(3,4)19)18-8-5-9(12(13,14)15)17-6-7(8)16/h5-6,19H,16H2,1-4H3,(H,17,18). The summed E-state index contributed by atoms with van der Waals surface area (Å²) < 4.78 is 37.8. The van der Waals surface area contributed by atoms with E-state index in [1.165, 1.54) is 0 Å². The summed E-state index contributed by atoms with van der Waals surface area (Å²) in [5, 5.41) is 12.8. The summed E-state index contributed by atoms with van der Waals surface area (Å²) in [6.07, 6.45) is -3.59. The molecule has 0 fully saturated rings. The van der Waals surface area contributed by atoms with E-state index < -0.39 is 23.0 Å². The summed E-state index contributed by atoms with van der Waals surface area (Å²) in [5.41, 5.74) is 2.74. The maximum absolute atomic E-state index is 12.6. The molecule has 0 aliphatic carbocycles. The number of nitrogens with two attached hydrogens (primary N) is 1. The quantitative estimate of drug-likeness (QED) is 0.794. The lowest BCUT2D eigenvalue weighted by atomic mass is 9.85. The van der Waals surface area contributed by atoms with Crippen molar-refractivity contribution in [1.82, 2.24) is 4.98 Å². The Morgan fingerprint density at radius 1 is 1.21 bits per heavy atom. The number of hydrogen-bond donors (Lipinski definition) is 3. The van der Waals surface area contributed by atoms with Gasteiger partial charge in [-0.25, -0.2) is 4.98 Å². The van der Waals surface area contributed by atoms with Crippen LogP contribution in [-0.4, -0.2) is 21.2 Å². The number of halogens is 3. The molecule has 0 saturated carbocycles. The number of nitrogens with zero attached hydrogens (tertiary/aromatic N) is 1. The molecule has 0 aliphatic heterocycles.